The van der Waals surface area contributed by atoms with Crippen molar-refractivity contribution in [2.75, 3.05) is 6.61 Å². The van der Waals surface area contributed by atoms with Gasteiger partial charge in [0.2, 0.25) is 0 Å². The summed E-state index contributed by atoms with van der Waals surface area (Å²) in [5, 5.41) is 18.6. The van der Waals surface area contributed by atoms with E-state index in [0.29, 0.717) is 12.0 Å². The van der Waals surface area contributed by atoms with E-state index in [9.17, 15) is 14.8 Å². The molecule has 1 aromatic heterocycles. The van der Waals surface area contributed by atoms with Crippen molar-refractivity contribution in [3.05, 3.63) is 52.2 Å². The summed E-state index contributed by atoms with van der Waals surface area (Å²) in [6.45, 7) is -0.0464. The summed E-state index contributed by atoms with van der Waals surface area (Å²) in [5.41, 5.74) is 2.05. The second-order valence-electron chi connectivity index (χ2n) is 4.15. The molecule has 1 N–H and O–H groups in total. The highest BCUT2D eigenvalue weighted by atomic mass is 32.1. The van der Waals surface area contributed by atoms with Crippen molar-refractivity contribution in [2.45, 2.75) is 18.3 Å². The number of aromatic nitrogens is 1. The normalized spacial score (nSPS) is 13.7. The third-order valence-corrected chi connectivity index (χ3v) is 3.95. The van der Waals surface area contributed by atoms with E-state index >= 15 is 0 Å². The Bertz CT molecular complexity index is 565. The highest BCUT2D eigenvalue weighted by molar-refractivity contribution is 7.09. The van der Waals surface area contributed by atoms with E-state index in [2.05, 4.69) is 11.1 Å². The zero-order valence-corrected chi connectivity index (χ0v) is 11.0. The minimum Gasteiger partial charge on any atom is -0.396 e. The van der Waals surface area contributed by atoms with Gasteiger partial charge in [-0.05, 0) is 12.5 Å². The zero-order chi connectivity index (χ0) is 13.7. The minimum atomic E-state index is -0.617. The molecule has 5 heteroatoms. The molecule has 0 aliphatic heterocycles. The molecule has 0 aliphatic rings. The van der Waals surface area contributed by atoms with Crippen molar-refractivity contribution in [1.29, 1.82) is 5.26 Å². The van der Waals surface area contributed by atoms with Gasteiger partial charge in [-0.2, -0.15) is 5.26 Å². The van der Waals surface area contributed by atoms with Crippen LogP contribution >= 0.6 is 11.3 Å². The van der Waals surface area contributed by atoms with E-state index in [1.54, 1.807) is 29.9 Å². The predicted molar refractivity (Wildman–Crippen MR) is 71.3 cm³/mol. The van der Waals surface area contributed by atoms with Crippen LogP contribution in [0.5, 0.6) is 0 Å². The van der Waals surface area contributed by atoms with Crippen LogP contribution in [-0.2, 0) is 0 Å². The number of aliphatic hydroxyl groups is 1. The van der Waals surface area contributed by atoms with Crippen molar-refractivity contribution in [2.24, 2.45) is 0 Å². The first kappa shape index (κ1) is 13.7. The third-order valence-electron chi connectivity index (χ3n) is 3.04. The summed E-state index contributed by atoms with van der Waals surface area (Å²) >= 11 is 1.42. The van der Waals surface area contributed by atoms with Crippen LogP contribution in [0.2, 0.25) is 0 Å². The highest BCUT2D eigenvalue weighted by Crippen LogP contribution is 2.37. The highest BCUT2D eigenvalue weighted by Gasteiger charge is 2.27. The molecular weight excluding hydrogens is 263 g/mol. The monoisotopic (exact) mass is 276 g/mol. The lowest BCUT2D eigenvalue weighted by molar-refractivity contribution is 0.272. The number of aliphatic hydroxyl groups excluding tert-OH is 1. The van der Waals surface area contributed by atoms with Gasteiger partial charge in [0.15, 0.2) is 0 Å². The lowest BCUT2D eigenvalue weighted by Gasteiger charge is -2.20. The lowest BCUT2D eigenvalue weighted by Crippen LogP contribution is -2.12. The predicted octanol–water partition coefficient (Wildman–Crippen LogP) is 3.06. The van der Waals surface area contributed by atoms with Crippen molar-refractivity contribution in [1.82, 2.24) is 4.98 Å². The molecule has 3 nitrogen and oxygen atoms in total. The fourth-order valence-corrected chi connectivity index (χ4v) is 2.92. The van der Waals surface area contributed by atoms with Gasteiger partial charge in [0.05, 0.1) is 17.5 Å². The maximum atomic E-state index is 13.8. The van der Waals surface area contributed by atoms with Gasteiger partial charge >= 0.3 is 0 Å². The smallest absolute Gasteiger partial charge is 0.127 e. The van der Waals surface area contributed by atoms with Crippen LogP contribution in [0.1, 0.15) is 28.7 Å². The maximum absolute atomic E-state index is 13.8. The molecule has 1 heterocycles. The molecule has 1 aromatic carbocycles. The van der Waals surface area contributed by atoms with Crippen LogP contribution in [0.25, 0.3) is 0 Å². The first-order chi connectivity index (χ1) is 9.27. The first-order valence-corrected chi connectivity index (χ1v) is 6.79. The third kappa shape index (κ3) is 2.98. The SMILES string of the molecule is N#C[C@@H](c1ccccc1F)[C@@H](CCO)c1cncs1. The van der Waals surface area contributed by atoms with Crippen molar-refractivity contribution < 1.29 is 9.50 Å². The Hall–Kier alpha value is -1.77. The van der Waals surface area contributed by atoms with Crippen LogP contribution in [0, 0.1) is 17.1 Å². The molecule has 2 atom stereocenters. The number of hydrogen-bond acceptors (Lipinski definition) is 4. The number of nitriles is 1. The molecule has 98 valence electrons. The molecule has 0 spiro atoms. The summed E-state index contributed by atoms with van der Waals surface area (Å²) in [5.74, 6) is -1.24. The van der Waals surface area contributed by atoms with Crippen molar-refractivity contribution in [3.8, 4) is 6.07 Å². The van der Waals surface area contributed by atoms with E-state index in [4.69, 9.17) is 0 Å². The van der Waals surface area contributed by atoms with E-state index in [1.165, 1.54) is 17.4 Å². The van der Waals surface area contributed by atoms with Crippen LogP contribution in [0.15, 0.2) is 36.0 Å². The molecule has 0 saturated carbocycles. The Kier molecular flexibility index (Phi) is 4.61. The minimum absolute atomic E-state index is 0.0464. The zero-order valence-electron chi connectivity index (χ0n) is 10.2. The summed E-state index contributed by atoms with van der Waals surface area (Å²) in [6.07, 6.45) is 2.09. The molecule has 2 rings (SSSR count). The van der Waals surface area contributed by atoms with Crippen molar-refractivity contribution >= 4 is 11.3 Å². The van der Waals surface area contributed by atoms with Crippen LogP contribution in [0.4, 0.5) is 4.39 Å². The standard InChI is InChI=1S/C14H13FN2OS/c15-13-4-2-1-3-10(13)12(7-16)11(5-6-18)14-8-17-9-19-14/h1-4,8-9,11-12,18H,5-6H2/t11-,12+/m1/s1. The van der Waals surface area contributed by atoms with Gasteiger partial charge < -0.3 is 5.11 Å². The number of thiazole rings is 1. The summed E-state index contributed by atoms with van der Waals surface area (Å²) < 4.78 is 13.8. The second-order valence-corrected chi connectivity index (χ2v) is 5.07. The summed E-state index contributed by atoms with van der Waals surface area (Å²) in [7, 11) is 0. The molecule has 2 aromatic rings. The topological polar surface area (TPSA) is 56.9 Å². The Labute approximate surface area is 115 Å². The van der Waals surface area contributed by atoms with E-state index < -0.39 is 5.92 Å². The Morgan fingerprint density at radius 2 is 2.21 bits per heavy atom. The van der Waals surface area contributed by atoms with Gasteiger partial charge in [-0.3, -0.25) is 4.98 Å². The number of nitrogens with zero attached hydrogens (tertiary/aromatic N) is 2. The van der Waals surface area contributed by atoms with Crippen LogP contribution < -0.4 is 0 Å². The Morgan fingerprint density at radius 3 is 2.79 bits per heavy atom. The molecule has 0 bridgehead atoms. The van der Waals surface area contributed by atoms with Gasteiger partial charge in [0, 0.05) is 29.2 Å². The van der Waals surface area contributed by atoms with Crippen LogP contribution in [-0.4, -0.2) is 16.7 Å². The van der Waals surface area contributed by atoms with Gasteiger partial charge in [0.25, 0.3) is 0 Å². The number of halogens is 1. The average Bonchev–Trinajstić information content (AvgIpc) is 2.94. The van der Waals surface area contributed by atoms with E-state index in [0.717, 1.165) is 4.88 Å². The molecule has 0 saturated heterocycles. The van der Waals surface area contributed by atoms with E-state index in [-0.39, 0.29) is 18.3 Å². The lowest BCUT2D eigenvalue weighted by atomic mass is 9.84. The molecular formula is C14H13FN2OS. The van der Waals surface area contributed by atoms with Gasteiger partial charge in [-0.15, -0.1) is 11.3 Å². The Morgan fingerprint density at radius 1 is 1.42 bits per heavy atom. The second kappa shape index (κ2) is 6.41. The summed E-state index contributed by atoms with van der Waals surface area (Å²) in [6, 6.07) is 8.44. The maximum Gasteiger partial charge on any atom is 0.127 e. The molecule has 0 aliphatic carbocycles. The molecule has 19 heavy (non-hydrogen) atoms. The molecule has 0 unspecified atom stereocenters. The average molecular weight is 276 g/mol. The van der Waals surface area contributed by atoms with Gasteiger partial charge in [-0.25, -0.2) is 4.39 Å². The number of benzene rings is 1. The Balaban J connectivity index is 2.39. The quantitative estimate of drug-likeness (QED) is 0.913. The fraction of sp³-hybridized carbons (Fsp3) is 0.286. The number of rotatable bonds is 5. The van der Waals surface area contributed by atoms with Crippen LogP contribution in [0.3, 0.4) is 0 Å². The fourth-order valence-electron chi connectivity index (χ4n) is 2.12. The van der Waals surface area contributed by atoms with Gasteiger partial charge in [0.1, 0.15) is 5.82 Å². The molecule has 0 amide bonds. The summed E-state index contributed by atoms with van der Waals surface area (Å²) in [4.78, 5) is 4.88. The first-order valence-electron chi connectivity index (χ1n) is 5.91. The molecule has 0 fully saturated rings. The van der Waals surface area contributed by atoms with E-state index in [1.807, 2.05) is 0 Å². The van der Waals surface area contributed by atoms with Crippen molar-refractivity contribution in [3.63, 3.8) is 0 Å². The number of hydrogen-bond donors (Lipinski definition) is 1. The largest absolute Gasteiger partial charge is 0.396 e. The van der Waals surface area contributed by atoms with Gasteiger partial charge in [-0.1, -0.05) is 18.2 Å². The molecule has 0 radical (unpaired) electrons.